The molecule has 0 aliphatic carbocycles. The van der Waals surface area contributed by atoms with Crippen LogP contribution < -0.4 is 10.6 Å². The van der Waals surface area contributed by atoms with Gasteiger partial charge in [0.1, 0.15) is 5.69 Å². The van der Waals surface area contributed by atoms with E-state index in [4.69, 9.17) is 0 Å². The van der Waals surface area contributed by atoms with E-state index >= 15 is 0 Å². The zero-order chi connectivity index (χ0) is 16.9. The highest BCUT2D eigenvalue weighted by Crippen LogP contribution is 2.21. The van der Waals surface area contributed by atoms with Crippen LogP contribution in [0.2, 0.25) is 0 Å². The predicted molar refractivity (Wildman–Crippen MR) is 94.0 cm³/mol. The lowest BCUT2D eigenvalue weighted by atomic mass is 10.1. The Morgan fingerprint density at radius 1 is 1.29 bits per heavy atom. The van der Waals surface area contributed by atoms with E-state index in [1.54, 1.807) is 0 Å². The summed E-state index contributed by atoms with van der Waals surface area (Å²) in [7, 11) is 0. The molecule has 1 saturated heterocycles. The molecule has 1 aromatic heterocycles. The van der Waals surface area contributed by atoms with Gasteiger partial charge in [-0.05, 0) is 50.6 Å². The average Bonchev–Trinajstić information content (AvgIpc) is 3.10. The van der Waals surface area contributed by atoms with Crippen molar-refractivity contribution in [1.29, 1.82) is 0 Å². The molecule has 0 saturated carbocycles. The molecular formula is C19H25N3O2. The number of hydrogen-bond acceptors (Lipinski definition) is 3. The van der Waals surface area contributed by atoms with Gasteiger partial charge in [0.2, 0.25) is 0 Å². The number of aryl methyl sites for hydroxylation is 1. The molecule has 24 heavy (non-hydrogen) atoms. The van der Waals surface area contributed by atoms with E-state index in [1.807, 2.05) is 49.5 Å². The summed E-state index contributed by atoms with van der Waals surface area (Å²) in [6, 6.07) is 11.8. The number of hydrogen-bond donors (Lipinski definition) is 3. The monoisotopic (exact) mass is 327 g/mol. The van der Waals surface area contributed by atoms with E-state index in [9.17, 15) is 9.90 Å². The molecule has 1 aromatic carbocycles. The summed E-state index contributed by atoms with van der Waals surface area (Å²) in [6.45, 7) is 4.18. The molecule has 3 rings (SSSR count). The van der Waals surface area contributed by atoms with Gasteiger partial charge in [-0.25, -0.2) is 0 Å². The van der Waals surface area contributed by atoms with Gasteiger partial charge in [0, 0.05) is 18.8 Å². The van der Waals surface area contributed by atoms with E-state index < -0.39 is 6.10 Å². The summed E-state index contributed by atoms with van der Waals surface area (Å²) in [5, 5.41) is 16.4. The summed E-state index contributed by atoms with van der Waals surface area (Å²) >= 11 is 0. The van der Waals surface area contributed by atoms with E-state index in [0.717, 1.165) is 37.1 Å². The third-order valence-corrected chi connectivity index (χ3v) is 4.63. The lowest BCUT2D eigenvalue weighted by Crippen LogP contribution is -2.33. The Balaban J connectivity index is 1.61. The van der Waals surface area contributed by atoms with Crippen molar-refractivity contribution in [2.24, 2.45) is 0 Å². The number of aromatic nitrogens is 1. The molecule has 5 heteroatoms. The Hall–Kier alpha value is -2.11. The second kappa shape index (κ2) is 7.64. The Bertz CT molecular complexity index is 672. The van der Waals surface area contributed by atoms with Gasteiger partial charge in [-0.15, -0.1) is 0 Å². The van der Waals surface area contributed by atoms with E-state index in [2.05, 4.69) is 15.2 Å². The largest absolute Gasteiger partial charge is 0.387 e. The summed E-state index contributed by atoms with van der Waals surface area (Å²) in [5.74, 6) is -0.135. The molecule has 0 radical (unpaired) electrons. The molecule has 1 atom stereocenters. The van der Waals surface area contributed by atoms with Gasteiger partial charge in [-0.2, -0.15) is 0 Å². The molecule has 1 fully saturated rings. The van der Waals surface area contributed by atoms with E-state index in [-0.39, 0.29) is 12.5 Å². The maximum atomic E-state index is 12.5. The first-order chi connectivity index (χ1) is 11.6. The molecule has 2 aromatic rings. The van der Waals surface area contributed by atoms with E-state index in [0.29, 0.717) is 11.7 Å². The fourth-order valence-corrected chi connectivity index (χ4v) is 3.18. The molecular weight excluding hydrogens is 302 g/mol. The highest BCUT2D eigenvalue weighted by molar-refractivity contribution is 5.92. The number of rotatable bonds is 5. The van der Waals surface area contributed by atoms with Crippen molar-refractivity contribution in [2.45, 2.75) is 31.9 Å². The van der Waals surface area contributed by atoms with Crippen LogP contribution in [-0.2, 0) is 0 Å². The average molecular weight is 327 g/mol. The van der Waals surface area contributed by atoms with Crippen LogP contribution in [0.5, 0.6) is 0 Å². The highest BCUT2D eigenvalue weighted by Gasteiger charge is 2.20. The second-order valence-corrected chi connectivity index (χ2v) is 6.42. The minimum atomic E-state index is -0.697. The van der Waals surface area contributed by atoms with Crippen LogP contribution in [0.4, 0.5) is 0 Å². The van der Waals surface area contributed by atoms with Crippen molar-refractivity contribution in [1.82, 2.24) is 15.2 Å². The number of aliphatic hydroxyl groups is 1. The standard InChI is InChI=1S/C19H25N3O2/c1-14-4-6-15(7-5-14)18(23)13-21-19(24)17-3-2-12-22(17)16-8-10-20-11-9-16/h2-7,12,16,18,20,23H,8-11,13H2,1H3,(H,21,24). The number of carbonyl (C=O) groups excluding carboxylic acids is 1. The Morgan fingerprint density at radius 2 is 2.00 bits per heavy atom. The molecule has 0 bridgehead atoms. The molecule has 3 N–H and O–H groups in total. The first-order valence-corrected chi connectivity index (χ1v) is 8.55. The predicted octanol–water partition coefficient (Wildman–Crippen LogP) is 2.18. The zero-order valence-corrected chi connectivity index (χ0v) is 14.0. The number of carbonyl (C=O) groups is 1. The number of nitrogens with zero attached hydrogens (tertiary/aromatic N) is 1. The van der Waals surface area contributed by atoms with Crippen molar-refractivity contribution >= 4 is 5.91 Å². The molecule has 2 heterocycles. The lowest BCUT2D eigenvalue weighted by Gasteiger charge is -2.26. The summed E-state index contributed by atoms with van der Waals surface area (Å²) < 4.78 is 2.06. The molecule has 1 aliphatic heterocycles. The third kappa shape index (κ3) is 3.86. The van der Waals surface area contributed by atoms with Gasteiger partial charge in [0.05, 0.1) is 6.10 Å². The minimum absolute atomic E-state index is 0.135. The van der Waals surface area contributed by atoms with Crippen LogP contribution in [0.3, 0.4) is 0 Å². The maximum absolute atomic E-state index is 12.5. The molecule has 5 nitrogen and oxygen atoms in total. The van der Waals surface area contributed by atoms with Gasteiger partial charge < -0.3 is 20.3 Å². The molecule has 0 spiro atoms. The van der Waals surface area contributed by atoms with Gasteiger partial charge >= 0.3 is 0 Å². The quantitative estimate of drug-likeness (QED) is 0.789. The number of benzene rings is 1. The number of amides is 1. The third-order valence-electron chi connectivity index (χ3n) is 4.63. The summed E-state index contributed by atoms with van der Waals surface area (Å²) in [5.41, 5.74) is 2.63. The van der Waals surface area contributed by atoms with Crippen LogP contribution >= 0.6 is 0 Å². The Kier molecular flexibility index (Phi) is 5.33. The molecule has 128 valence electrons. The SMILES string of the molecule is Cc1ccc(C(O)CNC(=O)c2cccn2C2CCNCC2)cc1. The van der Waals surface area contributed by atoms with Crippen LogP contribution in [0.25, 0.3) is 0 Å². The topological polar surface area (TPSA) is 66.3 Å². The Morgan fingerprint density at radius 3 is 2.71 bits per heavy atom. The second-order valence-electron chi connectivity index (χ2n) is 6.42. The van der Waals surface area contributed by atoms with Crippen LogP contribution in [0, 0.1) is 6.92 Å². The first-order valence-electron chi connectivity index (χ1n) is 8.55. The van der Waals surface area contributed by atoms with Crippen LogP contribution in [-0.4, -0.2) is 35.2 Å². The fourth-order valence-electron chi connectivity index (χ4n) is 3.18. The maximum Gasteiger partial charge on any atom is 0.268 e. The summed E-state index contributed by atoms with van der Waals surface area (Å²) in [6.07, 6.45) is 3.33. The van der Waals surface area contributed by atoms with Gasteiger partial charge in [-0.1, -0.05) is 29.8 Å². The minimum Gasteiger partial charge on any atom is -0.387 e. The number of nitrogens with one attached hydrogen (secondary N) is 2. The van der Waals surface area contributed by atoms with Gasteiger partial charge in [-0.3, -0.25) is 4.79 Å². The zero-order valence-electron chi connectivity index (χ0n) is 14.0. The van der Waals surface area contributed by atoms with Crippen LogP contribution in [0.1, 0.15) is 46.6 Å². The molecule has 1 aliphatic rings. The smallest absolute Gasteiger partial charge is 0.268 e. The van der Waals surface area contributed by atoms with Crippen molar-refractivity contribution in [3.05, 3.63) is 59.4 Å². The van der Waals surface area contributed by atoms with Gasteiger partial charge in [0.15, 0.2) is 0 Å². The lowest BCUT2D eigenvalue weighted by molar-refractivity contribution is 0.0903. The highest BCUT2D eigenvalue weighted by atomic mass is 16.3. The van der Waals surface area contributed by atoms with Crippen LogP contribution in [0.15, 0.2) is 42.6 Å². The normalized spacial score (nSPS) is 16.8. The van der Waals surface area contributed by atoms with Crippen molar-refractivity contribution in [3.63, 3.8) is 0 Å². The van der Waals surface area contributed by atoms with Gasteiger partial charge in [0.25, 0.3) is 5.91 Å². The first kappa shape index (κ1) is 16.7. The number of aliphatic hydroxyl groups excluding tert-OH is 1. The summed E-state index contributed by atoms with van der Waals surface area (Å²) in [4.78, 5) is 12.5. The molecule has 1 amide bonds. The number of piperidine rings is 1. The molecule has 1 unspecified atom stereocenters. The Labute approximate surface area is 142 Å². The van der Waals surface area contributed by atoms with Crippen molar-refractivity contribution in [3.8, 4) is 0 Å². The van der Waals surface area contributed by atoms with Crippen molar-refractivity contribution < 1.29 is 9.90 Å². The fraction of sp³-hybridized carbons (Fsp3) is 0.421. The van der Waals surface area contributed by atoms with E-state index in [1.165, 1.54) is 0 Å². The van der Waals surface area contributed by atoms with Crippen molar-refractivity contribution in [2.75, 3.05) is 19.6 Å².